The number of nitrogens with zero attached hydrogens (tertiary/aromatic N) is 5. The number of benzene rings is 1. The first kappa shape index (κ1) is 19.8. The maximum Gasteiger partial charge on any atom is 0.345 e. The molecule has 0 bridgehead atoms. The van der Waals surface area contributed by atoms with Crippen molar-refractivity contribution in [1.82, 2.24) is 25.2 Å². The number of ether oxygens (including phenoxy) is 1. The number of halogens is 1. The fourth-order valence-electron chi connectivity index (χ4n) is 3.30. The van der Waals surface area contributed by atoms with Gasteiger partial charge in [0.15, 0.2) is 5.58 Å². The summed E-state index contributed by atoms with van der Waals surface area (Å²) in [5, 5.41) is 14.4. The maximum absolute atomic E-state index is 13.0. The van der Waals surface area contributed by atoms with Crippen molar-refractivity contribution in [1.29, 1.82) is 0 Å². The van der Waals surface area contributed by atoms with Crippen molar-refractivity contribution in [3.8, 4) is 5.88 Å². The summed E-state index contributed by atoms with van der Waals surface area (Å²) in [4.78, 5) is 22.0. The van der Waals surface area contributed by atoms with E-state index in [1.807, 2.05) is 24.3 Å². The molecule has 1 atom stereocenters. The van der Waals surface area contributed by atoms with Crippen LogP contribution in [0.3, 0.4) is 0 Å². The molecule has 1 aliphatic heterocycles. The van der Waals surface area contributed by atoms with Gasteiger partial charge in [-0.25, -0.2) is 9.79 Å². The van der Waals surface area contributed by atoms with Crippen LogP contribution in [-0.4, -0.2) is 31.8 Å². The molecule has 4 aromatic rings. The zero-order valence-corrected chi connectivity index (χ0v) is 17.6. The largest absolute Gasteiger partial charge is 0.423 e. The average molecular weight is 454 g/mol. The fourth-order valence-corrected chi connectivity index (χ4v) is 3.58. The fraction of sp³-hybridized carbons (Fsp3) is 0.150. The molecule has 0 aliphatic carbocycles. The van der Waals surface area contributed by atoms with E-state index in [0.29, 0.717) is 33.5 Å². The molecule has 0 saturated carbocycles. The number of esters is 1. The Hall–Kier alpha value is -4.12. The minimum atomic E-state index is -0.851. The van der Waals surface area contributed by atoms with Crippen LogP contribution in [0.15, 0.2) is 68.0 Å². The van der Waals surface area contributed by atoms with Gasteiger partial charge in [0.05, 0.1) is 10.6 Å². The molecule has 0 fully saturated rings. The van der Waals surface area contributed by atoms with Crippen LogP contribution >= 0.6 is 11.6 Å². The first-order chi connectivity index (χ1) is 15.5. The molecule has 32 heavy (non-hydrogen) atoms. The lowest BCUT2D eigenvalue weighted by atomic mass is 10.0. The molecular weight excluding hydrogens is 438 g/mol. The molecule has 1 aliphatic rings. The second-order valence-electron chi connectivity index (χ2n) is 6.92. The first-order valence-corrected chi connectivity index (χ1v) is 9.85. The Morgan fingerprint density at radius 2 is 2.16 bits per heavy atom. The molecule has 0 spiro atoms. The summed E-state index contributed by atoms with van der Waals surface area (Å²) in [5.74, 6) is -0.334. The number of guanidine groups is 1. The van der Waals surface area contributed by atoms with Gasteiger partial charge in [-0.1, -0.05) is 23.7 Å². The number of carbonyl (C=O) groups excluding carboxylic acids is 1. The average Bonchev–Trinajstić information content (AvgIpc) is 3.47. The Labute approximate surface area is 185 Å². The number of aryl methyl sites for hydroxylation is 1. The van der Waals surface area contributed by atoms with Gasteiger partial charge >= 0.3 is 12.0 Å². The second-order valence-corrected chi connectivity index (χ2v) is 7.33. The van der Waals surface area contributed by atoms with Gasteiger partial charge in [-0.15, -0.1) is 0 Å². The predicted octanol–water partition coefficient (Wildman–Crippen LogP) is 3.19. The molecule has 1 unspecified atom stereocenters. The number of hydrogen-bond acceptors (Lipinski definition) is 10. The third-order valence-corrected chi connectivity index (χ3v) is 4.95. The molecule has 2 N–H and O–H groups in total. The number of fused-ring (bicyclic) bond motifs is 1. The summed E-state index contributed by atoms with van der Waals surface area (Å²) >= 11 is 6.37. The number of oxazole rings is 1. The monoisotopic (exact) mass is 453 g/mol. The third kappa shape index (κ3) is 3.69. The minimum Gasteiger partial charge on any atom is -0.423 e. The summed E-state index contributed by atoms with van der Waals surface area (Å²) in [6.07, 6.45) is 2.93. The van der Waals surface area contributed by atoms with Gasteiger partial charge in [-0.3, -0.25) is 10.00 Å². The molecule has 12 heteroatoms. The van der Waals surface area contributed by atoms with Gasteiger partial charge in [0.1, 0.15) is 23.5 Å². The minimum absolute atomic E-state index is 0.0283. The molecule has 11 nitrogen and oxygen atoms in total. The van der Waals surface area contributed by atoms with Crippen molar-refractivity contribution in [2.75, 3.05) is 5.32 Å². The van der Waals surface area contributed by atoms with E-state index >= 15 is 0 Å². The van der Waals surface area contributed by atoms with E-state index in [2.05, 4.69) is 30.9 Å². The quantitative estimate of drug-likeness (QED) is 0.447. The maximum atomic E-state index is 13.0. The number of allylic oxidation sites excluding steroid dienone is 1. The normalized spacial score (nSPS) is 16.1. The van der Waals surface area contributed by atoms with Crippen molar-refractivity contribution in [2.45, 2.75) is 13.0 Å². The lowest BCUT2D eigenvalue weighted by molar-refractivity contribution is -0.131. The zero-order valence-electron chi connectivity index (χ0n) is 16.9. The van der Waals surface area contributed by atoms with Gasteiger partial charge in [0.25, 0.3) is 5.88 Å². The lowest BCUT2D eigenvalue weighted by Gasteiger charge is -2.24. The predicted molar refractivity (Wildman–Crippen MR) is 114 cm³/mol. The highest BCUT2D eigenvalue weighted by Crippen LogP contribution is 2.34. The van der Waals surface area contributed by atoms with Gasteiger partial charge < -0.3 is 19.0 Å². The van der Waals surface area contributed by atoms with E-state index in [9.17, 15) is 4.79 Å². The second kappa shape index (κ2) is 7.85. The van der Waals surface area contributed by atoms with Crippen LogP contribution in [0.25, 0.3) is 11.1 Å². The van der Waals surface area contributed by atoms with Crippen molar-refractivity contribution in [3.63, 3.8) is 0 Å². The van der Waals surface area contributed by atoms with Crippen LogP contribution < -0.4 is 15.4 Å². The standard InChI is InChI=1S/C20H16ClN7O4/c1-10-15(18(29)32-14-7-8-30-27-14)17(16-11(21)9-28(2)26-16)24-19(22-10)25-20-23-12-5-3-4-6-13(12)31-20/h3-9,17H,1-2H3,(H2,22,23,24,25). The van der Waals surface area contributed by atoms with E-state index in [4.69, 9.17) is 25.3 Å². The highest BCUT2D eigenvalue weighted by Gasteiger charge is 2.34. The van der Waals surface area contributed by atoms with Gasteiger partial charge in [0.2, 0.25) is 5.96 Å². The highest BCUT2D eigenvalue weighted by atomic mass is 35.5. The smallest absolute Gasteiger partial charge is 0.345 e. The van der Waals surface area contributed by atoms with Crippen molar-refractivity contribution in [3.05, 3.63) is 64.8 Å². The molecule has 0 radical (unpaired) electrons. The molecule has 162 valence electrons. The van der Waals surface area contributed by atoms with Crippen LogP contribution in [0.4, 0.5) is 6.01 Å². The highest BCUT2D eigenvalue weighted by molar-refractivity contribution is 6.31. The van der Waals surface area contributed by atoms with E-state index in [-0.39, 0.29) is 17.5 Å². The first-order valence-electron chi connectivity index (χ1n) is 9.47. The number of aromatic nitrogens is 4. The molecular formula is C20H16ClN7O4. The summed E-state index contributed by atoms with van der Waals surface area (Å²) in [6, 6.07) is 8.18. The molecule has 3 aromatic heterocycles. The van der Waals surface area contributed by atoms with Crippen LogP contribution in [0.1, 0.15) is 18.7 Å². The van der Waals surface area contributed by atoms with E-state index < -0.39 is 12.0 Å². The van der Waals surface area contributed by atoms with Crippen LogP contribution in [-0.2, 0) is 11.8 Å². The van der Waals surface area contributed by atoms with Crippen molar-refractivity contribution in [2.24, 2.45) is 12.0 Å². The Balaban J connectivity index is 1.50. The van der Waals surface area contributed by atoms with Gasteiger partial charge in [-0.05, 0) is 24.2 Å². The summed E-state index contributed by atoms with van der Waals surface area (Å²) < 4.78 is 17.3. The van der Waals surface area contributed by atoms with E-state index in [0.717, 1.165) is 0 Å². The number of nitrogens with one attached hydrogen (secondary N) is 2. The lowest BCUT2D eigenvalue weighted by Crippen LogP contribution is -2.37. The van der Waals surface area contributed by atoms with Crippen molar-refractivity contribution < 1.29 is 18.5 Å². The SMILES string of the molecule is CC1=C(C(=O)Oc2ccon2)C(c2nn(C)cc2Cl)N=C(Nc2nc3ccccc3o2)N1. The Kier molecular flexibility index (Phi) is 4.86. The number of rotatable bonds is 4. The molecule has 4 heterocycles. The van der Waals surface area contributed by atoms with Crippen molar-refractivity contribution >= 4 is 40.6 Å². The number of carbonyl (C=O) groups is 1. The topological polar surface area (TPSA) is 133 Å². The molecule has 1 aromatic carbocycles. The number of anilines is 1. The molecule has 5 rings (SSSR count). The summed E-state index contributed by atoms with van der Waals surface area (Å²) in [6.45, 7) is 1.71. The molecule has 0 saturated heterocycles. The van der Waals surface area contributed by atoms with Gasteiger partial charge in [0, 0.05) is 25.0 Å². The Morgan fingerprint density at radius 3 is 2.88 bits per heavy atom. The zero-order chi connectivity index (χ0) is 22.2. The Morgan fingerprint density at radius 1 is 1.31 bits per heavy atom. The van der Waals surface area contributed by atoms with Gasteiger partial charge in [-0.2, -0.15) is 10.1 Å². The summed E-state index contributed by atoms with van der Waals surface area (Å²) in [5.41, 5.74) is 2.41. The Bertz CT molecular complexity index is 1340. The molecule has 0 amide bonds. The van der Waals surface area contributed by atoms with E-state index in [1.54, 1.807) is 24.9 Å². The van der Waals surface area contributed by atoms with Crippen LogP contribution in [0.2, 0.25) is 5.02 Å². The third-order valence-electron chi connectivity index (χ3n) is 4.66. The van der Waals surface area contributed by atoms with E-state index in [1.165, 1.54) is 12.3 Å². The number of aliphatic imine (C=N–C) groups is 1. The summed E-state index contributed by atoms with van der Waals surface area (Å²) in [7, 11) is 1.72. The number of para-hydroxylation sites is 2. The van der Waals surface area contributed by atoms with Crippen LogP contribution in [0.5, 0.6) is 5.88 Å². The number of hydrogen-bond donors (Lipinski definition) is 2. The van der Waals surface area contributed by atoms with Crippen LogP contribution in [0, 0.1) is 0 Å².